The first-order valence-corrected chi connectivity index (χ1v) is 9.64. The molecule has 1 N–H and O–H groups in total. The third-order valence-corrected chi connectivity index (χ3v) is 5.57. The number of halogens is 1. The minimum Gasteiger partial charge on any atom is -0.283 e. The Labute approximate surface area is 134 Å². The van der Waals surface area contributed by atoms with E-state index in [2.05, 4.69) is 26.7 Å². The fourth-order valence-corrected chi connectivity index (χ4v) is 4.98. The number of nitriles is 1. The van der Waals surface area contributed by atoms with Crippen molar-refractivity contribution in [3.8, 4) is 6.07 Å². The Hall–Kier alpha value is -1.01. The van der Waals surface area contributed by atoms with Gasteiger partial charge in [0.25, 0.3) is 0 Å². The molecule has 0 aliphatic carbocycles. The summed E-state index contributed by atoms with van der Waals surface area (Å²) in [5.74, 6) is 0. The van der Waals surface area contributed by atoms with Crippen LogP contribution in [0.3, 0.4) is 0 Å². The molecule has 0 aliphatic heterocycles. The Bertz CT molecular complexity index is 778. The highest BCUT2D eigenvalue weighted by Crippen LogP contribution is 2.39. The molecule has 0 radical (unpaired) electrons. The minimum atomic E-state index is -3.36. The van der Waals surface area contributed by atoms with Gasteiger partial charge in [0, 0.05) is 4.90 Å². The molecule has 2 aromatic rings. The molecule has 0 atom stereocenters. The van der Waals surface area contributed by atoms with E-state index in [1.54, 1.807) is 29.5 Å². The molecule has 0 bridgehead atoms. The van der Waals surface area contributed by atoms with Crippen LogP contribution in [0.2, 0.25) is 0 Å². The number of rotatable bonds is 4. The van der Waals surface area contributed by atoms with Crippen molar-refractivity contribution in [2.45, 2.75) is 9.10 Å². The van der Waals surface area contributed by atoms with Crippen LogP contribution in [0.4, 0.5) is 5.69 Å². The third-order valence-electron chi connectivity index (χ3n) is 2.17. The van der Waals surface area contributed by atoms with Crippen LogP contribution in [0.1, 0.15) is 5.56 Å². The van der Waals surface area contributed by atoms with Crippen LogP contribution in [-0.2, 0) is 10.0 Å². The summed E-state index contributed by atoms with van der Waals surface area (Å²) in [7, 11) is -3.36. The number of hydrogen-bond donors (Lipinski definition) is 1. The van der Waals surface area contributed by atoms with Gasteiger partial charge in [-0.2, -0.15) is 5.26 Å². The number of sulfonamides is 1. The monoisotopic (exact) mass is 388 g/mol. The van der Waals surface area contributed by atoms with Gasteiger partial charge in [0.2, 0.25) is 10.0 Å². The van der Waals surface area contributed by atoms with Crippen LogP contribution in [0, 0.1) is 11.3 Å². The fraction of sp³-hybridized carbons (Fsp3) is 0.0833. The highest BCUT2D eigenvalue weighted by molar-refractivity contribution is 9.11. The van der Waals surface area contributed by atoms with Crippen molar-refractivity contribution in [3.63, 3.8) is 0 Å². The Morgan fingerprint density at radius 3 is 2.65 bits per heavy atom. The van der Waals surface area contributed by atoms with Crippen LogP contribution < -0.4 is 4.72 Å². The number of thiophene rings is 1. The number of nitrogens with one attached hydrogen (secondary N) is 1. The zero-order valence-corrected chi connectivity index (χ0v) is 14.3. The van der Waals surface area contributed by atoms with Crippen molar-refractivity contribution in [2.75, 3.05) is 11.0 Å². The smallest absolute Gasteiger partial charge is 0.229 e. The summed E-state index contributed by atoms with van der Waals surface area (Å²) in [6, 6.07) is 10.8. The molecule has 1 aromatic heterocycles. The Balaban J connectivity index is 2.40. The van der Waals surface area contributed by atoms with Gasteiger partial charge in [-0.3, -0.25) is 4.72 Å². The Morgan fingerprint density at radius 1 is 1.35 bits per heavy atom. The van der Waals surface area contributed by atoms with Crippen molar-refractivity contribution < 1.29 is 8.42 Å². The summed E-state index contributed by atoms with van der Waals surface area (Å²) in [5.41, 5.74) is 0.961. The molecular weight excluding hydrogens is 380 g/mol. The molecule has 0 spiro atoms. The summed E-state index contributed by atoms with van der Waals surface area (Å²) in [6.45, 7) is 0. The second-order valence-electron chi connectivity index (χ2n) is 3.86. The summed E-state index contributed by atoms with van der Waals surface area (Å²) < 4.78 is 27.2. The van der Waals surface area contributed by atoms with Gasteiger partial charge in [0.05, 0.1) is 31.6 Å². The van der Waals surface area contributed by atoms with E-state index in [9.17, 15) is 8.42 Å². The van der Waals surface area contributed by atoms with Gasteiger partial charge in [0.15, 0.2) is 0 Å². The molecule has 0 saturated heterocycles. The van der Waals surface area contributed by atoms with Gasteiger partial charge < -0.3 is 0 Å². The van der Waals surface area contributed by atoms with Crippen LogP contribution in [0.5, 0.6) is 0 Å². The van der Waals surface area contributed by atoms with E-state index in [4.69, 9.17) is 5.26 Å². The van der Waals surface area contributed by atoms with Gasteiger partial charge in [0.1, 0.15) is 0 Å². The Morgan fingerprint density at radius 2 is 2.10 bits per heavy atom. The summed E-state index contributed by atoms with van der Waals surface area (Å²) in [6.07, 6.45) is 1.10. The molecule has 2 rings (SSSR count). The maximum atomic E-state index is 11.4. The van der Waals surface area contributed by atoms with Crippen LogP contribution >= 0.6 is 39.0 Å². The molecule has 1 aromatic carbocycles. The number of anilines is 1. The average molecular weight is 389 g/mol. The van der Waals surface area contributed by atoms with E-state index in [0.717, 1.165) is 14.3 Å². The molecule has 8 heteroatoms. The number of nitrogens with zero attached hydrogens (tertiary/aromatic N) is 1. The molecule has 20 heavy (non-hydrogen) atoms. The molecule has 0 unspecified atom stereocenters. The second-order valence-corrected chi connectivity index (χ2v) is 9.41. The molecule has 1 heterocycles. The van der Waals surface area contributed by atoms with Gasteiger partial charge >= 0.3 is 0 Å². The molecule has 0 saturated carbocycles. The molecule has 104 valence electrons. The molecular formula is C12H9BrN2O2S3. The van der Waals surface area contributed by atoms with Crippen LogP contribution in [0.15, 0.2) is 43.2 Å². The SMILES string of the molecule is CS(=O)(=O)Nc1ccc(C#N)cc1Sc1ccc(Br)s1. The maximum absolute atomic E-state index is 11.4. The highest BCUT2D eigenvalue weighted by Gasteiger charge is 2.11. The van der Waals surface area contributed by atoms with Crippen molar-refractivity contribution in [2.24, 2.45) is 0 Å². The molecule has 4 nitrogen and oxygen atoms in total. The summed E-state index contributed by atoms with van der Waals surface area (Å²) >= 11 is 6.34. The summed E-state index contributed by atoms with van der Waals surface area (Å²) in [4.78, 5) is 0.698. The predicted octanol–water partition coefficient (Wildman–Crippen LogP) is 3.90. The fourth-order valence-electron chi connectivity index (χ4n) is 1.42. The van der Waals surface area contributed by atoms with Crippen LogP contribution in [-0.4, -0.2) is 14.7 Å². The minimum absolute atomic E-state index is 0.473. The predicted molar refractivity (Wildman–Crippen MR) is 85.8 cm³/mol. The quantitative estimate of drug-likeness (QED) is 0.861. The number of hydrogen-bond acceptors (Lipinski definition) is 5. The molecule has 0 fully saturated rings. The zero-order chi connectivity index (χ0) is 14.8. The highest BCUT2D eigenvalue weighted by atomic mass is 79.9. The van der Waals surface area contributed by atoms with E-state index in [0.29, 0.717) is 16.1 Å². The van der Waals surface area contributed by atoms with Crippen molar-refractivity contribution in [1.29, 1.82) is 5.26 Å². The first-order valence-electron chi connectivity index (χ1n) is 5.32. The normalized spacial score (nSPS) is 11.1. The lowest BCUT2D eigenvalue weighted by molar-refractivity contribution is 0.606. The van der Waals surface area contributed by atoms with E-state index in [1.165, 1.54) is 11.8 Å². The lowest BCUT2D eigenvalue weighted by atomic mass is 10.2. The van der Waals surface area contributed by atoms with Gasteiger partial charge in [-0.25, -0.2) is 8.42 Å². The molecule has 0 amide bonds. The maximum Gasteiger partial charge on any atom is 0.229 e. The lowest BCUT2D eigenvalue weighted by Crippen LogP contribution is -2.10. The van der Waals surface area contributed by atoms with E-state index < -0.39 is 10.0 Å². The van der Waals surface area contributed by atoms with E-state index >= 15 is 0 Å². The van der Waals surface area contributed by atoms with Crippen LogP contribution in [0.25, 0.3) is 0 Å². The molecule has 0 aliphatic rings. The summed E-state index contributed by atoms with van der Waals surface area (Å²) in [5, 5.41) is 8.95. The van der Waals surface area contributed by atoms with Gasteiger partial charge in [-0.15, -0.1) is 11.3 Å². The van der Waals surface area contributed by atoms with Crippen molar-refractivity contribution >= 4 is 54.7 Å². The van der Waals surface area contributed by atoms with Crippen molar-refractivity contribution in [1.82, 2.24) is 0 Å². The lowest BCUT2D eigenvalue weighted by Gasteiger charge is -2.09. The first-order chi connectivity index (χ1) is 9.37. The standard InChI is InChI=1S/C12H9BrN2O2S3/c1-20(16,17)15-9-3-2-8(7-14)6-10(9)18-12-5-4-11(13)19-12/h2-6,15H,1H3. The first kappa shape index (κ1) is 15.4. The van der Waals surface area contributed by atoms with Gasteiger partial charge in [-0.05, 0) is 46.3 Å². The second kappa shape index (κ2) is 6.18. The third kappa shape index (κ3) is 4.24. The average Bonchev–Trinajstić information content (AvgIpc) is 2.75. The largest absolute Gasteiger partial charge is 0.283 e. The van der Waals surface area contributed by atoms with Crippen molar-refractivity contribution in [3.05, 3.63) is 39.7 Å². The Kier molecular flexibility index (Phi) is 4.75. The topological polar surface area (TPSA) is 70.0 Å². The zero-order valence-electron chi connectivity index (χ0n) is 10.3. The van der Waals surface area contributed by atoms with E-state index in [-0.39, 0.29) is 0 Å². The van der Waals surface area contributed by atoms with Gasteiger partial charge in [-0.1, -0.05) is 11.8 Å². The number of benzene rings is 1. The van der Waals surface area contributed by atoms with E-state index in [1.807, 2.05) is 12.1 Å².